The van der Waals surface area contributed by atoms with Crippen LogP contribution in [0.2, 0.25) is 0 Å². The SMILES string of the molecule is CC/C=C\C/C=C\C/C=C\CCCCCC(=O)OCC(COC(=O)CCCCCCCCCCC/C=C\CCCCCCCCCC)OC(=O)CCCCC/C=C\C/C=C\C/C=C\CC. The van der Waals surface area contributed by atoms with Crippen LogP contribution in [-0.4, -0.2) is 37.2 Å². The number of allylic oxidation sites excluding steroid dienone is 14. The smallest absolute Gasteiger partial charge is 0.306 e. The highest BCUT2D eigenvalue weighted by Crippen LogP contribution is 2.14. The Kier molecular flexibility index (Phi) is 50.4. The average Bonchev–Trinajstić information content (AvgIpc) is 3.30. The number of carbonyl (C=O) groups excluding carboxylic acids is 3. The molecular formula is C59H100O6. The van der Waals surface area contributed by atoms with Crippen LogP contribution in [0.4, 0.5) is 0 Å². The second kappa shape index (κ2) is 53.2. The van der Waals surface area contributed by atoms with Gasteiger partial charge in [0.25, 0.3) is 0 Å². The predicted octanol–water partition coefficient (Wildman–Crippen LogP) is 18.0. The van der Waals surface area contributed by atoms with E-state index in [0.717, 1.165) is 109 Å². The van der Waals surface area contributed by atoms with E-state index in [9.17, 15) is 14.4 Å². The van der Waals surface area contributed by atoms with E-state index >= 15 is 0 Å². The molecular weight excluding hydrogens is 805 g/mol. The maximum atomic E-state index is 12.8. The molecule has 0 N–H and O–H groups in total. The quantitative estimate of drug-likeness (QED) is 0.0262. The van der Waals surface area contributed by atoms with Gasteiger partial charge in [0.2, 0.25) is 0 Å². The average molecular weight is 905 g/mol. The fraction of sp³-hybridized carbons (Fsp3) is 0.712. The lowest BCUT2D eigenvalue weighted by atomic mass is 10.1. The summed E-state index contributed by atoms with van der Waals surface area (Å²) in [7, 11) is 0. The number of hydrogen-bond donors (Lipinski definition) is 0. The van der Waals surface area contributed by atoms with E-state index in [1.54, 1.807) is 0 Å². The van der Waals surface area contributed by atoms with Gasteiger partial charge in [-0.2, -0.15) is 0 Å². The van der Waals surface area contributed by atoms with Crippen molar-refractivity contribution in [1.82, 2.24) is 0 Å². The maximum Gasteiger partial charge on any atom is 0.306 e. The molecule has 0 saturated heterocycles. The fourth-order valence-corrected chi connectivity index (χ4v) is 7.35. The summed E-state index contributed by atoms with van der Waals surface area (Å²) >= 11 is 0. The Morgan fingerprint density at radius 3 is 0.969 bits per heavy atom. The van der Waals surface area contributed by atoms with Gasteiger partial charge in [-0.25, -0.2) is 0 Å². The molecule has 0 aliphatic rings. The number of ether oxygens (including phenoxy) is 3. The maximum absolute atomic E-state index is 12.8. The Morgan fingerprint density at radius 2 is 0.600 bits per heavy atom. The van der Waals surface area contributed by atoms with Crippen molar-refractivity contribution < 1.29 is 28.6 Å². The first-order chi connectivity index (χ1) is 32.0. The molecule has 0 bridgehead atoms. The molecule has 6 nitrogen and oxygen atoms in total. The number of esters is 3. The van der Waals surface area contributed by atoms with Gasteiger partial charge in [-0.15, -0.1) is 0 Å². The Morgan fingerprint density at radius 1 is 0.323 bits per heavy atom. The molecule has 0 amide bonds. The van der Waals surface area contributed by atoms with E-state index in [1.165, 1.54) is 103 Å². The summed E-state index contributed by atoms with van der Waals surface area (Å²) in [6, 6.07) is 0. The van der Waals surface area contributed by atoms with Crippen molar-refractivity contribution in [2.45, 2.75) is 258 Å². The van der Waals surface area contributed by atoms with Gasteiger partial charge >= 0.3 is 17.9 Å². The van der Waals surface area contributed by atoms with Gasteiger partial charge < -0.3 is 14.2 Å². The normalized spacial score (nSPS) is 12.7. The zero-order valence-electron chi connectivity index (χ0n) is 42.5. The third-order valence-electron chi connectivity index (χ3n) is 11.4. The summed E-state index contributed by atoms with van der Waals surface area (Å²) in [6.45, 7) is 6.36. The first-order valence-corrected chi connectivity index (χ1v) is 27.1. The standard InChI is InChI=1S/C59H100O6/c1-4-7-10-13-16-19-22-25-26-27-28-29-30-31-32-35-37-40-43-46-49-52-58(61)64-55-56(65-59(62)53-50-47-44-41-38-34-24-21-18-15-12-9-6-3)54-63-57(60)51-48-45-42-39-36-33-23-20-17-14-11-8-5-2/h8-9,11-12,17-18,20-21,27-28,33-34,36,38,56H,4-7,10,13-16,19,22-26,29-32,35,37,39-55H2,1-3H3/b11-8-,12-9-,20-17-,21-18-,28-27-,36-33-,38-34-. The van der Waals surface area contributed by atoms with Gasteiger partial charge in [0.1, 0.15) is 13.2 Å². The summed E-state index contributed by atoms with van der Waals surface area (Å²) < 4.78 is 16.8. The van der Waals surface area contributed by atoms with Gasteiger partial charge in [-0.05, 0) is 109 Å². The lowest BCUT2D eigenvalue weighted by molar-refractivity contribution is -0.167. The van der Waals surface area contributed by atoms with Crippen molar-refractivity contribution in [2.24, 2.45) is 0 Å². The Labute approximate surface area is 401 Å². The number of rotatable bonds is 48. The molecule has 0 aromatic heterocycles. The highest BCUT2D eigenvalue weighted by atomic mass is 16.6. The summed E-state index contributed by atoms with van der Waals surface area (Å²) in [6.07, 6.45) is 68.7. The Balaban J connectivity index is 4.37. The molecule has 1 atom stereocenters. The molecule has 65 heavy (non-hydrogen) atoms. The highest BCUT2D eigenvalue weighted by Gasteiger charge is 2.19. The number of carbonyl (C=O) groups is 3. The monoisotopic (exact) mass is 905 g/mol. The van der Waals surface area contributed by atoms with Crippen molar-refractivity contribution in [3.63, 3.8) is 0 Å². The molecule has 0 spiro atoms. The van der Waals surface area contributed by atoms with Crippen LogP contribution >= 0.6 is 0 Å². The van der Waals surface area contributed by atoms with E-state index in [4.69, 9.17) is 14.2 Å². The van der Waals surface area contributed by atoms with Gasteiger partial charge in [0, 0.05) is 19.3 Å². The molecule has 372 valence electrons. The van der Waals surface area contributed by atoms with Crippen molar-refractivity contribution in [3.8, 4) is 0 Å². The fourth-order valence-electron chi connectivity index (χ4n) is 7.35. The summed E-state index contributed by atoms with van der Waals surface area (Å²) in [5.41, 5.74) is 0. The minimum absolute atomic E-state index is 0.0992. The third kappa shape index (κ3) is 51.4. The predicted molar refractivity (Wildman–Crippen MR) is 279 cm³/mol. The van der Waals surface area contributed by atoms with E-state index in [0.29, 0.717) is 12.8 Å². The molecule has 0 radical (unpaired) electrons. The topological polar surface area (TPSA) is 78.9 Å². The molecule has 6 heteroatoms. The molecule has 0 heterocycles. The first-order valence-electron chi connectivity index (χ1n) is 27.1. The zero-order valence-corrected chi connectivity index (χ0v) is 42.5. The van der Waals surface area contributed by atoms with Gasteiger partial charge in [0.15, 0.2) is 6.10 Å². The van der Waals surface area contributed by atoms with Crippen molar-refractivity contribution in [1.29, 1.82) is 0 Å². The van der Waals surface area contributed by atoms with Crippen LogP contribution in [-0.2, 0) is 28.6 Å². The van der Waals surface area contributed by atoms with E-state index in [1.807, 2.05) is 0 Å². The molecule has 0 rings (SSSR count). The Hall–Kier alpha value is -3.41. The number of unbranched alkanes of at least 4 members (excludes halogenated alkanes) is 23. The Bertz CT molecular complexity index is 1270. The molecule has 0 saturated carbocycles. The van der Waals surface area contributed by atoms with Gasteiger partial charge in [-0.3, -0.25) is 14.4 Å². The van der Waals surface area contributed by atoms with E-state index in [-0.39, 0.29) is 37.5 Å². The zero-order chi connectivity index (χ0) is 47.2. The number of hydrogen-bond acceptors (Lipinski definition) is 6. The van der Waals surface area contributed by atoms with Crippen LogP contribution in [0.25, 0.3) is 0 Å². The molecule has 0 aromatic carbocycles. The first kappa shape index (κ1) is 61.6. The second-order valence-corrected chi connectivity index (χ2v) is 17.7. The van der Waals surface area contributed by atoms with Crippen LogP contribution in [0, 0.1) is 0 Å². The van der Waals surface area contributed by atoms with Crippen molar-refractivity contribution in [3.05, 3.63) is 85.1 Å². The summed E-state index contributed by atoms with van der Waals surface area (Å²) in [4.78, 5) is 38.0. The highest BCUT2D eigenvalue weighted by molar-refractivity contribution is 5.71. The molecule has 0 aliphatic carbocycles. The molecule has 1 unspecified atom stereocenters. The van der Waals surface area contributed by atoms with Crippen molar-refractivity contribution >= 4 is 17.9 Å². The summed E-state index contributed by atoms with van der Waals surface area (Å²) in [5, 5.41) is 0. The van der Waals surface area contributed by atoms with Gasteiger partial charge in [0.05, 0.1) is 0 Å². The van der Waals surface area contributed by atoms with Crippen LogP contribution < -0.4 is 0 Å². The van der Waals surface area contributed by atoms with Crippen LogP contribution in [0.1, 0.15) is 252 Å². The van der Waals surface area contributed by atoms with Crippen LogP contribution in [0.15, 0.2) is 85.1 Å². The minimum Gasteiger partial charge on any atom is -0.462 e. The van der Waals surface area contributed by atoms with E-state index < -0.39 is 6.10 Å². The lowest BCUT2D eigenvalue weighted by Gasteiger charge is -2.18. The van der Waals surface area contributed by atoms with Crippen LogP contribution in [0.3, 0.4) is 0 Å². The third-order valence-corrected chi connectivity index (χ3v) is 11.4. The minimum atomic E-state index is -0.804. The van der Waals surface area contributed by atoms with Gasteiger partial charge in [-0.1, -0.05) is 209 Å². The van der Waals surface area contributed by atoms with Crippen molar-refractivity contribution in [2.75, 3.05) is 13.2 Å². The van der Waals surface area contributed by atoms with Crippen LogP contribution in [0.5, 0.6) is 0 Å². The van der Waals surface area contributed by atoms with E-state index in [2.05, 4.69) is 106 Å². The molecule has 0 aromatic rings. The largest absolute Gasteiger partial charge is 0.462 e. The summed E-state index contributed by atoms with van der Waals surface area (Å²) in [5.74, 6) is -0.961. The molecule has 0 fully saturated rings. The lowest BCUT2D eigenvalue weighted by Crippen LogP contribution is -2.30. The second-order valence-electron chi connectivity index (χ2n) is 17.7. The molecule has 0 aliphatic heterocycles.